The fraction of sp³-hybridized carbons (Fsp3) is 0.167. The summed E-state index contributed by atoms with van der Waals surface area (Å²) in [6.07, 6.45) is 1.61. The summed E-state index contributed by atoms with van der Waals surface area (Å²) in [5.74, 6) is 1.05. The fourth-order valence-electron chi connectivity index (χ4n) is 2.24. The van der Waals surface area contributed by atoms with Crippen molar-refractivity contribution in [3.63, 3.8) is 0 Å². The van der Waals surface area contributed by atoms with Crippen LogP contribution in [0.5, 0.6) is 5.75 Å². The molecule has 0 aliphatic carbocycles. The Hall–Kier alpha value is -2.31. The lowest BCUT2D eigenvalue weighted by atomic mass is 10.1. The van der Waals surface area contributed by atoms with E-state index in [4.69, 9.17) is 16.3 Å². The van der Waals surface area contributed by atoms with Gasteiger partial charge in [0.2, 0.25) is 0 Å². The molecular formula is C18H16ClN3O2S. The Kier molecular flexibility index (Phi) is 5.73. The molecule has 1 heterocycles. The summed E-state index contributed by atoms with van der Waals surface area (Å²) in [5.41, 5.74) is 1.50. The van der Waals surface area contributed by atoms with Gasteiger partial charge in [-0.15, -0.1) is 10.2 Å². The normalized spacial score (nSPS) is 10.6. The summed E-state index contributed by atoms with van der Waals surface area (Å²) in [7, 11) is 0. The molecule has 0 amide bonds. The second-order valence-corrected chi connectivity index (χ2v) is 6.51. The lowest BCUT2D eigenvalue weighted by Crippen LogP contribution is -2.04. The molecule has 0 bridgehead atoms. The van der Waals surface area contributed by atoms with Crippen LogP contribution in [0.25, 0.3) is 5.69 Å². The average molecular weight is 374 g/mol. The van der Waals surface area contributed by atoms with Crippen molar-refractivity contribution in [1.29, 1.82) is 0 Å². The molecule has 0 fully saturated rings. The predicted octanol–water partition coefficient (Wildman–Crippen LogP) is 4.29. The second-order valence-electron chi connectivity index (χ2n) is 5.13. The van der Waals surface area contributed by atoms with E-state index in [1.807, 2.05) is 29.7 Å². The van der Waals surface area contributed by atoms with Crippen molar-refractivity contribution in [1.82, 2.24) is 14.8 Å². The third-order valence-corrected chi connectivity index (χ3v) is 4.60. The number of carbonyl (C=O) groups excluding carboxylic acids is 1. The Morgan fingerprint density at radius 2 is 2.04 bits per heavy atom. The molecule has 25 heavy (non-hydrogen) atoms. The molecule has 0 unspecified atom stereocenters. The lowest BCUT2D eigenvalue weighted by Gasteiger charge is -2.07. The summed E-state index contributed by atoms with van der Waals surface area (Å²) in [6.45, 7) is 2.52. The number of nitrogens with zero attached hydrogens (tertiary/aromatic N) is 3. The van der Waals surface area contributed by atoms with Gasteiger partial charge < -0.3 is 4.74 Å². The summed E-state index contributed by atoms with van der Waals surface area (Å²) in [4.78, 5) is 12.4. The van der Waals surface area contributed by atoms with Crippen molar-refractivity contribution in [3.8, 4) is 11.4 Å². The van der Waals surface area contributed by atoms with Crippen LogP contribution in [-0.4, -0.2) is 32.9 Å². The molecule has 0 atom stereocenters. The van der Waals surface area contributed by atoms with E-state index in [2.05, 4.69) is 10.2 Å². The number of hydrogen-bond donors (Lipinski definition) is 0. The summed E-state index contributed by atoms with van der Waals surface area (Å²) in [6, 6.07) is 14.5. The molecule has 0 saturated heterocycles. The number of carbonyl (C=O) groups is 1. The van der Waals surface area contributed by atoms with Crippen molar-refractivity contribution >= 4 is 29.1 Å². The quantitative estimate of drug-likeness (QED) is 0.456. The first kappa shape index (κ1) is 17.5. The van der Waals surface area contributed by atoms with Crippen LogP contribution in [0.3, 0.4) is 0 Å². The van der Waals surface area contributed by atoms with E-state index in [0.29, 0.717) is 22.3 Å². The molecule has 5 nitrogen and oxygen atoms in total. The molecule has 128 valence electrons. The summed E-state index contributed by atoms with van der Waals surface area (Å²) in [5, 5.41) is 9.29. The van der Waals surface area contributed by atoms with Crippen molar-refractivity contribution in [2.24, 2.45) is 0 Å². The SMILES string of the molecule is CCOc1ccc(C(=O)CSc2nncn2-c2cccc(Cl)c2)cc1. The standard InChI is InChI=1S/C18H16ClN3O2S/c1-2-24-16-8-6-13(7-9-16)17(23)11-25-18-21-20-12-22(18)15-5-3-4-14(19)10-15/h3-10,12H,2,11H2,1H3. The smallest absolute Gasteiger partial charge is 0.196 e. The number of rotatable bonds is 7. The van der Waals surface area contributed by atoms with Crippen molar-refractivity contribution in [2.75, 3.05) is 12.4 Å². The zero-order chi connectivity index (χ0) is 17.6. The van der Waals surface area contributed by atoms with Crippen LogP contribution >= 0.6 is 23.4 Å². The molecule has 0 aliphatic rings. The largest absolute Gasteiger partial charge is 0.494 e. The zero-order valence-corrected chi connectivity index (χ0v) is 15.1. The van der Waals surface area contributed by atoms with Crippen molar-refractivity contribution in [3.05, 3.63) is 65.4 Å². The molecule has 0 saturated carbocycles. The van der Waals surface area contributed by atoms with Gasteiger partial charge in [-0.3, -0.25) is 9.36 Å². The maximum Gasteiger partial charge on any atom is 0.196 e. The summed E-state index contributed by atoms with van der Waals surface area (Å²) >= 11 is 7.37. The van der Waals surface area contributed by atoms with E-state index in [-0.39, 0.29) is 11.5 Å². The Morgan fingerprint density at radius 1 is 1.24 bits per heavy atom. The third-order valence-electron chi connectivity index (χ3n) is 3.42. The van der Waals surface area contributed by atoms with E-state index in [1.54, 1.807) is 36.7 Å². The van der Waals surface area contributed by atoms with E-state index in [9.17, 15) is 4.79 Å². The zero-order valence-electron chi connectivity index (χ0n) is 13.6. The van der Waals surface area contributed by atoms with Gasteiger partial charge in [-0.1, -0.05) is 29.4 Å². The first-order valence-electron chi connectivity index (χ1n) is 7.72. The number of hydrogen-bond acceptors (Lipinski definition) is 5. The molecule has 2 aromatic carbocycles. The Balaban J connectivity index is 1.68. The average Bonchev–Trinajstić information content (AvgIpc) is 3.09. The molecule has 0 aliphatic heterocycles. The van der Waals surface area contributed by atoms with E-state index in [1.165, 1.54) is 11.8 Å². The van der Waals surface area contributed by atoms with Gasteiger partial charge in [0.1, 0.15) is 12.1 Å². The van der Waals surface area contributed by atoms with Crippen LogP contribution < -0.4 is 4.74 Å². The van der Waals surface area contributed by atoms with Crippen LogP contribution in [0.2, 0.25) is 5.02 Å². The van der Waals surface area contributed by atoms with Gasteiger partial charge in [-0.05, 0) is 49.4 Å². The molecule has 3 rings (SSSR count). The number of aromatic nitrogens is 3. The monoisotopic (exact) mass is 373 g/mol. The maximum atomic E-state index is 12.4. The van der Waals surface area contributed by atoms with Crippen LogP contribution in [0.1, 0.15) is 17.3 Å². The first-order valence-corrected chi connectivity index (χ1v) is 9.08. The minimum atomic E-state index is 0.0219. The van der Waals surface area contributed by atoms with Gasteiger partial charge in [0.05, 0.1) is 18.0 Å². The third kappa shape index (κ3) is 4.41. The van der Waals surface area contributed by atoms with E-state index < -0.39 is 0 Å². The number of Topliss-reactive ketones (excluding diaryl/α,β-unsaturated/α-hetero) is 1. The number of halogens is 1. The molecular weight excluding hydrogens is 358 g/mol. The molecule has 7 heteroatoms. The highest BCUT2D eigenvalue weighted by Crippen LogP contribution is 2.23. The van der Waals surface area contributed by atoms with Gasteiger partial charge in [-0.2, -0.15) is 0 Å². The maximum absolute atomic E-state index is 12.4. The highest BCUT2D eigenvalue weighted by molar-refractivity contribution is 7.99. The summed E-state index contributed by atoms with van der Waals surface area (Å²) < 4.78 is 7.19. The highest BCUT2D eigenvalue weighted by atomic mass is 35.5. The van der Waals surface area contributed by atoms with E-state index in [0.717, 1.165) is 11.4 Å². The van der Waals surface area contributed by atoms with E-state index >= 15 is 0 Å². The highest BCUT2D eigenvalue weighted by Gasteiger charge is 2.12. The van der Waals surface area contributed by atoms with Crippen LogP contribution in [-0.2, 0) is 0 Å². The Morgan fingerprint density at radius 3 is 2.76 bits per heavy atom. The molecule has 0 spiro atoms. The number of ether oxygens (including phenoxy) is 1. The second kappa shape index (κ2) is 8.18. The van der Waals surface area contributed by atoms with Crippen molar-refractivity contribution in [2.45, 2.75) is 12.1 Å². The predicted molar refractivity (Wildman–Crippen MR) is 99.0 cm³/mol. The minimum Gasteiger partial charge on any atom is -0.494 e. The van der Waals surface area contributed by atoms with Gasteiger partial charge >= 0.3 is 0 Å². The molecule has 1 aromatic heterocycles. The minimum absolute atomic E-state index is 0.0219. The Bertz CT molecular complexity index is 865. The van der Waals surface area contributed by atoms with Crippen molar-refractivity contribution < 1.29 is 9.53 Å². The molecule has 0 N–H and O–H groups in total. The fourth-order valence-corrected chi connectivity index (χ4v) is 3.25. The van der Waals surface area contributed by atoms with Gasteiger partial charge in [0, 0.05) is 10.6 Å². The van der Waals surface area contributed by atoms with Crippen LogP contribution in [0.4, 0.5) is 0 Å². The Labute approximate surface area is 155 Å². The molecule has 0 radical (unpaired) electrons. The number of thioether (sulfide) groups is 1. The first-order chi connectivity index (χ1) is 12.2. The van der Waals surface area contributed by atoms with Gasteiger partial charge in [-0.25, -0.2) is 0 Å². The van der Waals surface area contributed by atoms with Gasteiger partial charge in [0.15, 0.2) is 10.9 Å². The topological polar surface area (TPSA) is 57.0 Å². The molecule has 3 aromatic rings. The number of ketones is 1. The van der Waals surface area contributed by atoms with Crippen LogP contribution in [0, 0.1) is 0 Å². The number of benzene rings is 2. The van der Waals surface area contributed by atoms with Gasteiger partial charge in [0.25, 0.3) is 0 Å². The van der Waals surface area contributed by atoms with Crippen LogP contribution in [0.15, 0.2) is 60.0 Å². The lowest BCUT2D eigenvalue weighted by molar-refractivity contribution is 0.102.